The van der Waals surface area contributed by atoms with Gasteiger partial charge in [-0.3, -0.25) is 10.6 Å². The van der Waals surface area contributed by atoms with Crippen LogP contribution in [-0.2, 0) is 4.74 Å². The number of hydrogen-bond acceptors (Lipinski definition) is 4. The van der Waals surface area contributed by atoms with Gasteiger partial charge in [0, 0.05) is 20.2 Å². The third kappa shape index (κ3) is 3.68. The van der Waals surface area contributed by atoms with E-state index in [0.29, 0.717) is 19.1 Å². The van der Waals surface area contributed by atoms with Gasteiger partial charge in [0.1, 0.15) is 5.82 Å². The summed E-state index contributed by atoms with van der Waals surface area (Å²) in [5.41, 5.74) is 2.47. The number of carbonyl (C=O) groups excluding carboxylic acids is 1. The maximum atomic E-state index is 13.5. The number of hydrogen-bond donors (Lipinski definition) is 2. The summed E-state index contributed by atoms with van der Waals surface area (Å²) in [6, 6.07) is 4.29. The first-order valence-electron chi connectivity index (χ1n) is 6.71. The molecule has 0 aliphatic heterocycles. The molecule has 1 amide bonds. The fourth-order valence-electron chi connectivity index (χ4n) is 1.89. The van der Waals surface area contributed by atoms with Gasteiger partial charge in [-0.05, 0) is 30.9 Å². The molecule has 0 heterocycles. The molecule has 0 atom stereocenters. The molecule has 1 aromatic carbocycles. The molecule has 1 saturated carbocycles. The summed E-state index contributed by atoms with van der Waals surface area (Å²) in [5.74, 6) is 5.14. The fraction of sp³-hybridized carbons (Fsp3) is 0.500. The van der Waals surface area contributed by atoms with Gasteiger partial charge < -0.3 is 15.1 Å². The second-order valence-corrected chi connectivity index (χ2v) is 5.05. The average Bonchev–Trinajstić information content (AvgIpc) is 3.26. The Labute approximate surface area is 117 Å². The maximum Gasteiger partial charge on any atom is 0.255 e. The van der Waals surface area contributed by atoms with Crippen molar-refractivity contribution in [3.8, 4) is 0 Å². The molecule has 0 spiro atoms. The van der Waals surface area contributed by atoms with Gasteiger partial charge in [0.05, 0.1) is 17.9 Å². The van der Waals surface area contributed by atoms with E-state index in [1.807, 2.05) is 0 Å². The lowest BCUT2D eigenvalue weighted by atomic mass is 10.1. The number of nitrogens with two attached hydrogens (primary N) is 1. The minimum atomic E-state index is -0.545. The number of nitrogens with one attached hydrogen (secondary N) is 1. The van der Waals surface area contributed by atoms with Crippen LogP contribution >= 0.6 is 0 Å². The number of amides is 1. The van der Waals surface area contributed by atoms with E-state index in [0.717, 1.165) is 6.61 Å². The number of nitrogen functional groups attached to an aromatic ring is 1. The van der Waals surface area contributed by atoms with Gasteiger partial charge >= 0.3 is 0 Å². The Morgan fingerprint density at radius 3 is 2.95 bits per heavy atom. The Balaban J connectivity index is 1.90. The second-order valence-electron chi connectivity index (χ2n) is 5.05. The molecule has 20 heavy (non-hydrogen) atoms. The van der Waals surface area contributed by atoms with Crippen molar-refractivity contribution in [2.45, 2.75) is 12.8 Å². The third-order valence-electron chi connectivity index (χ3n) is 3.36. The molecule has 0 aromatic heterocycles. The molecular weight excluding hydrogens is 261 g/mol. The second kappa shape index (κ2) is 6.67. The molecule has 1 fully saturated rings. The molecular formula is C14H20FN3O2. The topological polar surface area (TPSA) is 67.6 Å². The number of ether oxygens (including phenoxy) is 1. The molecule has 110 valence electrons. The third-order valence-corrected chi connectivity index (χ3v) is 3.36. The normalized spacial score (nSPS) is 14.2. The zero-order chi connectivity index (χ0) is 14.5. The zero-order valence-electron chi connectivity index (χ0n) is 11.6. The zero-order valence-corrected chi connectivity index (χ0v) is 11.6. The van der Waals surface area contributed by atoms with Crippen molar-refractivity contribution in [2.24, 2.45) is 11.8 Å². The summed E-state index contributed by atoms with van der Waals surface area (Å²) in [5, 5.41) is 0. The Bertz CT molecular complexity index is 477. The molecule has 3 N–H and O–H groups in total. The fourth-order valence-corrected chi connectivity index (χ4v) is 1.89. The van der Waals surface area contributed by atoms with Gasteiger partial charge in [0.2, 0.25) is 0 Å². The molecule has 0 bridgehead atoms. The monoisotopic (exact) mass is 281 g/mol. The van der Waals surface area contributed by atoms with Crippen LogP contribution in [0.25, 0.3) is 0 Å². The highest BCUT2D eigenvalue weighted by Crippen LogP contribution is 2.28. The molecule has 0 unspecified atom stereocenters. The Morgan fingerprint density at radius 1 is 1.55 bits per heavy atom. The van der Waals surface area contributed by atoms with Crippen LogP contribution in [0.15, 0.2) is 18.2 Å². The van der Waals surface area contributed by atoms with E-state index in [9.17, 15) is 9.18 Å². The van der Waals surface area contributed by atoms with E-state index in [4.69, 9.17) is 10.6 Å². The number of rotatable bonds is 7. The first-order valence-corrected chi connectivity index (χ1v) is 6.71. The van der Waals surface area contributed by atoms with Crippen molar-refractivity contribution in [2.75, 3.05) is 32.2 Å². The van der Waals surface area contributed by atoms with E-state index in [-0.39, 0.29) is 17.2 Å². The number of para-hydroxylation sites is 1. The van der Waals surface area contributed by atoms with Crippen LogP contribution in [0.1, 0.15) is 23.2 Å². The lowest BCUT2D eigenvalue weighted by Gasteiger charge is -2.19. The Hall–Kier alpha value is -1.66. The Kier molecular flexibility index (Phi) is 4.92. The predicted octanol–water partition coefficient (Wildman–Crippen LogP) is 1.61. The quantitative estimate of drug-likeness (QED) is 0.453. The minimum absolute atomic E-state index is 0.0169. The number of nitrogens with zero attached hydrogens (tertiary/aromatic N) is 1. The van der Waals surface area contributed by atoms with Gasteiger partial charge in [-0.1, -0.05) is 6.07 Å². The van der Waals surface area contributed by atoms with E-state index in [1.54, 1.807) is 13.1 Å². The van der Waals surface area contributed by atoms with Crippen LogP contribution in [0.2, 0.25) is 0 Å². The van der Waals surface area contributed by atoms with Crippen LogP contribution in [0.4, 0.5) is 10.1 Å². The first-order chi connectivity index (χ1) is 9.63. The van der Waals surface area contributed by atoms with Crippen molar-refractivity contribution in [1.82, 2.24) is 4.90 Å². The molecule has 2 rings (SSSR count). The molecule has 0 radical (unpaired) electrons. The van der Waals surface area contributed by atoms with Crippen LogP contribution in [-0.4, -0.2) is 37.6 Å². The average molecular weight is 281 g/mol. The number of likely N-dealkylation sites (N-methyl/N-ethyl adjacent to an activating group) is 1. The van der Waals surface area contributed by atoms with E-state index < -0.39 is 5.82 Å². The SMILES string of the molecule is CN(CCOCC1CC1)C(=O)c1cccc(F)c1NN. The van der Waals surface area contributed by atoms with Crippen LogP contribution < -0.4 is 11.3 Å². The maximum absolute atomic E-state index is 13.5. The van der Waals surface area contributed by atoms with E-state index in [2.05, 4.69) is 5.43 Å². The predicted molar refractivity (Wildman–Crippen MR) is 74.7 cm³/mol. The highest BCUT2D eigenvalue weighted by molar-refractivity contribution is 5.99. The summed E-state index contributed by atoms with van der Waals surface area (Å²) >= 11 is 0. The molecule has 5 nitrogen and oxygen atoms in total. The van der Waals surface area contributed by atoms with E-state index in [1.165, 1.54) is 29.9 Å². The standard InChI is InChI=1S/C14H20FN3O2/c1-18(7-8-20-9-10-5-6-10)14(19)11-3-2-4-12(15)13(11)17-16/h2-4,10,17H,5-9,16H2,1H3. The van der Waals surface area contributed by atoms with Gasteiger partial charge in [-0.2, -0.15) is 0 Å². The van der Waals surface area contributed by atoms with Gasteiger partial charge in [0.25, 0.3) is 5.91 Å². The Morgan fingerprint density at radius 2 is 2.30 bits per heavy atom. The molecule has 1 aliphatic carbocycles. The number of halogens is 1. The largest absolute Gasteiger partial charge is 0.379 e. The van der Waals surface area contributed by atoms with Crippen molar-refractivity contribution in [1.29, 1.82) is 0 Å². The summed E-state index contributed by atoms with van der Waals surface area (Å²) in [7, 11) is 1.66. The van der Waals surface area contributed by atoms with Gasteiger partial charge in [-0.25, -0.2) is 4.39 Å². The van der Waals surface area contributed by atoms with Gasteiger partial charge in [0.15, 0.2) is 0 Å². The lowest BCUT2D eigenvalue weighted by Crippen LogP contribution is -2.31. The van der Waals surface area contributed by atoms with Crippen molar-refractivity contribution >= 4 is 11.6 Å². The minimum Gasteiger partial charge on any atom is -0.379 e. The molecule has 6 heteroatoms. The highest BCUT2D eigenvalue weighted by Gasteiger charge is 2.21. The first kappa shape index (κ1) is 14.7. The van der Waals surface area contributed by atoms with Crippen molar-refractivity contribution in [3.05, 3.63) is 29.6 Å². The number of benzene rings is 1. The van der Waals surface area contributed by atoms with Crippen LogP contribution in [0.3, 0.4) is 0 Å². The van der Waals surface area contributed by atoms with Crippen molar-refractivity contribution < 1.29 is 13.9 Å². The smallest absolute Gasteiger partial charge is 0.255 e. The van der Waals surface area contributed by atoms with Crippen LogP contribution in [0, 0.1) is 11.7 Å². The lowest BCUT2D eigenvalue weighted by molar-refractivity contribution is 0.0681. The molecule has 1 aromatic rings. The van der Waals surface area contributed by atoms with Crippen LogP contribution in [0.5, 0.6) is 0 Å². The summed E-state index contributed by atoms with van der Waals surface area (Å²) in [6.45, 7) is 1.71. The summed E-state index contributed by atoms with van der Waals surface area (Å²) < 4.78 is 19.0. The summed E-state index contributed by atoms with van der Waals surface area (Å²) in [4.78, 5) is 13.7. The number of anilines is 1. The van der Waals surface area contributed by atoms with E-state index >= 15 is 0 Å². The van der Waals surface area contributed by atoms with Crippen molar-refractivity contribution in [3.63, 3.8) is 0 Å². The summed E-state index contributed by atoms with van der Waals surface area (Å²) in [6.07, 6.45) is 2.48. The molecule has 1 aliphatic rings. The molecule has 0 saturated heterocycles. The van der Waals surface area contributed by atoms with Gasteiger partial charge in [-0.15, -0.1) is 0 Å². The highest BCUT2D eigenvalue weighted by atomic mass is 19.1. The number of hydrazine groups is 1. The number of carbonyl (C=O) groups is 1.